The molecule has 0 unspecified atom stereocenters. The summed E-state index contributed by atoms with van der Waals surface area (Å²) in [6.07, 6.45) is 1.65. The maximum Gasteiger partial charge on any atom is 0.330 e. The Labute approximate surface area is 171 Å². The number of aromatic nitrogens is 3. The van der Waals surface area contributed by atoms with Gasteiger partial charge in [-0.15, -0.1) is 0 Å². The Morgan fingerprint density at radius 2 is 1.90 bits per heavy atom. The van der Waals surface area contributed by atoms with Crippen molar-refractivity contribution >= 4 is 29.2 Å². The number of rotatable bonds is 7. The van der Waals surface area contributed by atoms with Crippen LogP contribution in [0.25, 0.3) is 0 Å². The van der Waals surface area contributed by atoms with Crippen LogP contribution in [0.2, 0.25) is 0 Å². The molecule has 150 valence electrons. The van der Waals surface area contributed by atoms with Gasteiger partial charge in [-0.05, 0) is 24.6 Å². The van der Waals surface area contributed by atoms with Gasteiger partial charge in [-0.3, -0.25) is 19.1 Å². The molecule has 0 aliphatic rings. The lowest BCUT2D eigenvalue weighted by molar-refractivity contribution is -0.116. The van der Waals surface area contributed by atoms with Crippen molar-refractivity contribution in [3.8, 4) is 0 Å². The summed E-state index contributed by atoms with van der Waals surface area (Å²) in [6.45, 7) is 2.16. The van der Waals surface area contributed by atoms with Gasteiger partial charge in [-0.25, -0.2) is 9.78 Å². The van der Waals surface area contributed by atoms with Crippen LogP contribution in [0, 0.1) is 0 Å². The Balaban J connectivity index is 1.90. The van der Waals surface area contributed by atoms with Crippen molar-refractivity contribution in [2.45, 2.75) is 18.5 Å². The second-order valence-corrected chi connectivity index (χ2v) is 7.16. The first-order valence-corrected chi connectivity index (χ1v) is 10.0. The van der Waals surface area contributed by atoms with Crippen molar-refractivity contribution in [1.29, 1.82) is 0 Å². The number of nitrogen functional groups attached to an aromatic ring is 1. The zero-order chi connectivity index (χ0) is 20.8. The number of aromatic amines is 1. The van der Waals surface area contributed by atoms with Crippen molar-refractivity contribution in [3.63, 3.8) is 0 Å². The second kappa shape index (κ2) is 9.24. The molecule has 0 aliphatic carbocycles. The summed E-state index contributed by atoms with van der Waals surface area (Å²) in [6, 6.07) is 14.7. The maximum absolute atomic E-state index is 12.8. The van der Waals surface area contributed by atoms with Gasteiger partial charge in [0, 0.05) is 12.7 Å². The molecule has 9 heteroatoms. The van der Waals surface area contributed by atoms with Crippen molar-refractivity contribution < 1.29 is 4.79 Å². The number of carbonyl (C=O) groups excluding carboxylic acids is 1. The van der Waals surface area contributed by atoms with Crippen molar-refractivity contribution in [1.82, 2.24) is 14.5 Å². The number of amides is 1. The fraction of sp³-hybridized carbons (Fsp3) is 0.200. The lowest BCUT2D eigenvalue weighted by Gasteiger charge is -2.23. The first-order chi connectivity index (χ1) is 14.0. The first kappa shape index (κ1) is 20.4. The molecule has 0 aliphatic heterocycles. The predicted molar refractivity (Wildman–Crippen MR) is 114 cm³/mol. The van der Waals surface area contributed by atoms with Crippen LogP contribution >= 0.6 is 11.8 Å². The van der Waals surface area contributed by atoms with E-state index in [1.807, 2.05) is 36.4 Å². The summed E-state index contributed by atoms with van der Waals surface area (Å²) in [5, 5.41) is 0.702. The third-order valence-corrected chi connectivity index (χ3v) is 5.19. The van der Waals surface area contributed by atoms with Crippen molar-refractivity contribution in [2.75, 3.05) is 22.9 Å². The number of pyridine rings is 1. The number of hydrogen-bond donors (Lipinski definition) is 2. The average Bonchev–Trinajstić information content (AvgIpc) is 2.74. The van der Waals surface area contributed by atoms with Crippen LogP contribution in [0.4, 0.5) is 11.5 Å². The molecule has 0 bridgehead atoms. The zero-order valence-corrected chi connectivity index (χ0v) is 16.7. The highest BCUT2D eigenvalue weighted by atomic mass is 32.2. The monoisotopic (exact) mass is 411 g/mol. The molecule has 1 amide bonds. The molecule has 8 nitrogen and oxygen atoms in total. The highest BCUT2D eigenvalue weighted by Crippen LogP contribution is 2.20. The van der Waals surface area contributed by atoms with Crippen LogP contribution in [0.15, 0.2) is 69.3 Å². The maximum atomic E-state index is 12.8. The summed E-state index contributed by atoms with van der Waals surface area (Å²) >= 11 is 1.26. The average molecular weight is 411 g/mol. The van der Waals surface area contributed by atoms with Gasteiger partial charge in [-0.2, -0.15) is 0 Å². The molecule has 0 saturated heterocycles. The number of carbonyl (C=O) groups is 1. The van der Waals surface area contributed by atoms with E-state index >= 15 is 0 Å². The normalized spacial score (nSPS) is 10.7. The molecule has 0 spiro atoms. The molecular formula is C20H21N5O3S. The summed E-state index contributed by atoms with van der Waals surface area (Å²) in [5.41, 5.74) is 5.71. The molecule has 29 heavy (non-hydrogen) atoms. The van der Waals surface area contributed by atoms with Gasteiger partial charge in [-0.1, -0.05) is 48.2 Å². The van der Waals surface area contributed by atoms with E-state index < -0.39 is 11.2 Å². The van der Waals surface area contributed by atoms with Crippen LogP contribution in [-0.2, 0) is 11.3 Å². The number of nitrogens with two attached hydrogens (primary N) is 1. The predicted octanol–water partition coefficient (Wildman–Crippen LogP) is 1.71. The molecule has 0 atom stereocenters. The Morgan fingerprint density at radius 3 is 2.55 bits per heavy atom. The Morgan fingerprint density at radius 1 is 1.17 bits per heavy atom. The summed E-state index contributed by atoms with van der Waals surface area (Å²) in [4.78, 5) is 45.3. The largest absolute Gasteiger partial charge is 0.383 e. The second-order valence-electron chi connectivity index (χ2n) is 6.16. The minimum Gasteiger partial charge on any atom is -0.383 e. The quantitative estimate of drug-likeness (QED) is 0.572. The number of benzene rings is 1. The molecule has 2 aromatic heterocycles. The van der Waals surface area contributed by atoms with Gasteiger partial charge in [0.1, 0.15) is 5.82 Å². The molecular weight excluding hydrogens is 390 g/mol. The van der Waals surface area contributed by atoms with E-state index in [-0.39, 0.29) is 36.3 Å². The van der Waals surface area contributed by atoms with Crippen molar-refractivity contribution in [2.24, 2.45) is 0 Å². The Kier molecular flexibility index (Phi) is 6.50. The van der Waals surface area contributed by atoms with E-state index in [2.05, 4.69) is 9.97 Å². The van der Waals surface area contributed by atoms with Gasteiger partial charge < -0.3 is 10.6 Å². The van der Waals surface area contributed by atoms with E-state index in [9.17, 15) is 14.4 Å². The number of nitrogens with one attached hydrogen (secondary N) is 1. The summed E-state index contributed by atoms with van der Waals surface area (Å²) in [5.74, 6) is -0.257. The third-order valence-electron chi connectivity index (χ3n) is 4.27. The fourth-order valence-corrected chi connectivity index (χ4v) is 3.60. The lowest BCUT2D eigenvalue weighted by Crippen LogP contribution is -2.41. The van der Waals surface area contributed by atoms with E-state index in [0.717, 1.165) is 5.56 Å². The van der Waals surface area contributed by atoms with Crippen LogP contribution in [0.1, 0.15) is 12.5 Å². The molecule has 2 heterocycles. The van der Waals surface area contributed by atoms with Crippen LogP contribution in [0.3, 0.4) is 0 Å². The van der Waals surface area contributed by atoms with E-state index in [0.29, 0.717) is 5.03 Å². The van der Waals surface area contributed by atoms with Crippen LogP contribution in [0.5, 0.6) is 0 Å². The molecule has 3 N–H and O–H groups in total. The Bertz CT molecular complexity index is 1100. The molecule has 0 fully saturated rings. The first-order valence-electron chi connectivity index (χ1n) is 9.02. The van der Waals surface area contributed by atoms with Crippen LogP contribution in [-0.4, -0.2) is 32.7 Å². The van der Waals surface area contributed by atoms with E-state index in [1.54, 1.807) is 25.3 Å². The third kappa shape index (κ3) is 4.75. The highest BCUT2D eigenvalue weighted by molar-refractivity contribution is 7.99. The van der Waals surface area contributed by atoms with E-state index in [1.165, 1.54) is 21.2 Å². The molecule has 3 aromatic rings. The van der Waals surface area contributed by atoms with Crippen LogP contribution < -0.4 is 21.9 Å². The number of H-pyrrole nitrogens is 1. The van der Waals surface area contributed by atoms with E-state index in [4.69, 9.17) is 5.73 Å². The minimum atomic E-state index is -0.685. The Hall–Kier alpha value is -3.33. The summed E-state index contributed by atoms with van der Waals surface area (Å²) in [7, 11) is 0. The van der Waals surface area contributed by atoms with Gasteiger partial charge in [0.2, 0.25) is 5.91 Å². The number of hydrogen-bond acceptors (Lipinski definition) is 6. The molecule has 0 radical (unpaired) electrons. The summed E-state index contributed by atoms with van der Waals surface area (Å²) < 4.78 is 1.26. The molecule has 0 saturated carbocycles. The topological polar surface area (TPSA) is 114 Å². The highest BCUT2D eigenvalue weighted by Gasteiger charge is 2.23. The standard InChI is InChI=1S/C20H21N5O3S/c1-2-24(16(26)13-29-15-10-6-7-11-22-15)17-18(21)25(20(28)23-19(17)27)12-14-8-4-3-5-9-14/h3-11H,2,12-13,21H2,1H3,(H,23,27,28). The number of nitrogens with zero attached hydrogens (tertiary/aromatic N) is 3. The van der Waals surface area contributed by atoms with Gasteiger partial charge >= 0.3 is 5.69 Å². The number of anilines is 2. The van der Waals surface area contributed by atoms with Gasteiger partial charge in [0.05, 0.1) is 17.3 Å². The minimum absolute atomic E-state index is 0.0188. The molecule has 3 rings (SSSR count). The van der Waals surface area contributed by atoms with Gasteiger partial charge in [0.15, 0.2) is 5.69 Å². The molecule has 1 aromatic carbocycles. The SMILES string of the molecule is CCN(C(=O)CSc1ccccn1)c1c(N)n(Cc2ccccc2)c(=O)[nH]c1=O. The smallest absolute Gasteiger partial charge is 0.330 e. The lowest BCUT2D eigenvalue weighted by atomic mass is 10.2. The van der Waals surface area contributed by atoms with Gasteiger partial charge in [0.25, 0.3) is 5.56 Å². The van der Waals surface area contributed by atoms with Crippen molar-refractivity contribution in [3.05, 3.63) is 81.1 Å². The zero-order valence-electron chi connectivity index (χ0n) is 15.9. The fourth-order valence-electron chi connectivity index (χ4n) is 2.87. The number of thioether (sulfide) groups is 1.